The molecule has 10 nitrogen and oxygen atoms in total. The Kier molecular flexibility index (Phi) is 10.4. The van der Waals surface area contributed by atoms with Gasteiger partial charge in [-0.1, -0.05) is 53.9 Å². The molecule has 0 aromatic rings. The monoisotopic (exact) mass is 535 g/mol. The third-order valence-electron chi connectivity index (χ3n) is 7.62. The topological polar surface area (TPSA) is 137 Å². The molecule has 2 fully saturated rings. The van der Waals surface area contributed by atoms with E-state index in [1.165, 1.54) is 7.05 Å². The van der Waals surface area contributed by atoms with Gasteiger partial charge >= 0.3 is 6.03 Å². The molecule has 0 bridgehead atoms. The lowest BCUT2D eigenvalue weighted by Gasteiger charge is -2.36. The van der Waals surface area contributed by atoms with Crippen LogP contribution in [0.5, 0.6) is 0 Å². The number of hydrogen-bond donors (Lipinski definition) is 4. The van der Waals surface area contributed by atoms with Gasteiger partial charge in [0.1, 0.15) is 12.1 Å². The number of carbonyl (C=O) groups excluding carboxylic acids is 5. The largest absolute Gasteiger partial charge is 0.353 e. The summed E-state index contributed by atoms with van der Waals surface area (Å²) in [6, 6.07) is -3.06. The minimum atomic E-state index is -0.933. The number of rotatable bonds is 9. The van der Waals surface area contributed by atoms with E-state index >= 15 is 0 Å². The maximum Gasteiger partial charge on any atom is 0.315 e. The molecular weight excluding hydrogens is 486 g/mol. The lowest BCUT2D eigenvalue weighted by molar-refractivity contribution is -0.144. The van der Waals surface area contributed by atoms with Crippen molar-refractivity contribution in [2.75, 3.05) is 13.6 Å². The highest BCUT2D eigenvalue weighted by Gasteiger charge is 2.46. The highest BCUT2D eigenvalue weighted by Crippen LogP contribution is 2.33. The van der Waals surface area contributed by atoms with Crippen LogP contribution >= 0.6 is 0 Å². The van der Waals surface area contributed by atoms with Gasteiger partial charge in [-0.15, -0.1) is 0 Å². The SMILES string of the molecule is CNC(=O)C(=O)C(CC1CCC1)NC(=O)[C@@H]1CC(C(C)C)CN1C(=O)C(NC(=O)NC(C)(C)C)C(C)(C)C. The van der Waals surface area contributed by atoms with E-state index in [0.29, 0.717) is 19.4 Å². The predicted molar refractivity (Wildman–Crippen MR) is 146 cm³/mol. The van der Waals surface area contributed by atoms with E-state index in [-0.39, 0.29) is 23.7 Å². The zero-order chi connectivity index (χ0) is 29.0. The summed E-state index contributed by atoms with van der Waals surface area (Å²) >= 11 is 0. The number of likely N-dealkylation sites (N-methyl/N-ethyl adjacent to an activating group) is 1. The lowest BCUT2D eigenvalue weighted by atomic mass is 9.80. The summed E-state index contributed by atoms with van der Waals surface area (Å²) in [4.78, 5) is 66.8. The van der Waals surface area contributed by atoms with Gasteiger partial charge in [-0.25, -0.2) is 4.79 Å². The number of ketones is 1. The molecule has 38 heavy (non-hydrogen) atoms. The van der Waals surface area contributed by atoms with Gasteiger partial charge in [-0.2, -0.15) is 0 Å². The highest BCUT2D eigenvalue weighted by molar-refractivity contribution is 6.38. The fourth-order valence-electron chi connectivity index (χ4n) is 5.01. The van der Waals surface area contributed by atoms with Gasteiger partial charge < -0.3 is 26.2 Å². The molecule has 5 amide bonds. The molecule has 4 atom stereocenters. The van der Waals surface area contributed by atoms with E-state index in [1.54, 1.807) is 4.90 Å². The highest BCUT2D eigenvalue weighted by atomic mass is 16.2. The fourth-order valence-corrected chi connectivity index (χ4v) is 5.01. The normalized spacial score (nSPS) is 21.8. The second-order valence-electron chi connectivity index (χ2n) is 13.4. The van der Waals surface area contributed by atoms with E-state index in [4.69, 9.17) is 0 Å². The van der Waals surface area contributed by atoms with Crippen molar-refractivity contribution in [3.63, 3.8) is 0 Å². The van der Waals surface area contributed by atoms with Crippen LogP contribution < -0.4 is 21.3 Å². The summed E-state index contributed by atoms with van der Waals surface area (Å²) < 4.78 is 0. The number of Topliss-reactive ketones (excluding diaryl/α,β-unsaturated/α-hetero) is 1. The third kappa shape index (κ3) is 8.43. The van der Waals surface area contributed by atoms with Gasteiger partial charge in [0, 0.05) is 19.1 Å². The minimum absolute atomic E-state index is 0.0819. The molecule has 1 heterocycles. The molecule has 4 N–H and O–H groups in total. The molecule has 2 rings (SSSR count). The average Bonchev–Trinajstić information content (AvgIpc) is 3.21. The van der Waals surface area contributed by atoms with Crippen molar-refractivity contribution in [2.45, 2.75) is 111 Å². The van der Waals surface area contributed by atoms with E-state index in [9.17, 15) is 24.0 Å². The summed E-state index contributed by atoms with van der Waals surface area (Å²) in [5, 5.41) is 10.9. The number of hydrogen-bond acceptors (Lipinski definition) is 5. The number of carbonyl (C=O) groups is 5. The Hall–Kier alpha value is -2.65. The molecule has 0 aromatic heterocycles. The van der Waals surface area contributed by atoms with Crippen LogP contribution in [-0.2, 0) is 19.2 Å². The van der Waals surface area contributed by atoms with Crippen LogP contribution in [0.15, 0.2) is 0 Å². The van der Waals surface area contributed by atoms with Crippen LogP contribution in [0.1, 0.15) is 87.5 Å². The number of likely N-dealkylation sites (tertiary alicyclic amines) is 1. The molecule has 1 saturated heterocycles. The van der Waals surface area contributed by atoms with E-state index in [1.807, 2.05) is 41.5 Å². The van der Waals surface area contributed by atoms with Gasteiger partial charge in [-0.05, 0) is 56.8 Å². The first-order chi connectivity index (χ1) is 17.4. The smallest absolute Gasteiger partial charge is 0.315 e. The Bertz CT molecular complexity index is 900. The first-order valence-corrected chi connectivity index (χ1v) is 13.9. The van der Waals surface area contributed by atoms with Crippen LogP contribution in [0, 0.1) is 23.2 Å². The van der Waals surface area contributed by atoms with Crippen molar-refractivity contribution in [3.05, 3.63) is 0 Å². The zero-order valence-electron chi connectivity index (χ0n) is 24.7. The van der Waals surface area contributed by atoms with E-state index < -0.39 is 52.7 Å². The van der Waals surface area contributed by atoms with E-state index in [2.05, 4.69) is 35.1 Å². The minimum Gasteiger partial charge on any atom is -0.353 e. The Labute approximate surface area is 227 Å². The van der Waals surface area contributed by atoms with Gasteiger partial charge in [0.05, 0.1) is 6.04 Å². The maximum atomic E-state index is 14.0. The van der Waals surface area contributed by atoms with Crippen LogP contribution in [0.25, 0.3) is 0 Å². The molecule has 1 saturated carbocycles. The van der Waals surface area contributed by atoms with E-state index in [0.717, 1.165) is 19.3 Å². The molecule has 2 aliphatic rings. The average molecular weight is 536 g/mol. The summed E-state index contributed by atoms with van der Waals surface area (Å²) in [5.74, 6) is -1.58. The predicted octanol–water partition coefficient (Wildman–Crippen LogP) is 2.36. The second kappa shape index (κ2) is 12.5. The molecule has 10 heteroatoms. The summed E-state index contributed by atoms with van der Waals surface area (Å²) in [7, 11) is 1.39. The first kappa shape index (κ1) is 31.6. The van der Waals surface area contributed by atoms with Crippen molar-refractivity contribution in [1.29, 1.82) is 0 Å². The van der Waals surface area contributed by atoms with Crippen LogP contribution in [0.3, 0.4) is 0 Å². The second-order valence-corrected chi connectivity index (χ2v) is 13.4. The van der Waals surface area contributed by atoms with Crippen molar-refractivity contribution in [3.8, 4) is 0 Å². The Morgan fingerprint density at radius 3 is 2.00 bits per heavy atom. The van der Waals surface area contributed by atoms with Crippen LogP contribution in [-0.4, -0.2) is 71.7 Å². The van der Waals surface area contributed by atoms with Gasteiger partial charge in [0.2, 0.25) is 17.6 Å². The molecule has 1 aliphatic carbocycles. The standard InChI is InChI=1S/C28H49N5O5/c1-16(2)18-14-20(23(35)30-19(13-17-11-10-12-17)21(34)24(36)29-9)33(15-18)25(37)22(27(3,4)5)31-26(38)32-28(6,7)8/h16-20,22H,10-15H2,1-9H3,(H,29,36)(H,30,35)(H2,31,32,38)/t18?,19?,20-,22?/m0/s1. The third-order valence-corrected chi connectivity index (χ3v) is 7.62. The molecule has 0 radical (unpaired) electrons. The summed E-state index contributed by atoms with van der Waals surface area (Å²) in [6.45, 7) is 15.7. The van der Waals surface area contributed by atoms with Gasteiger partial charge in [0.25, 0.3) is 5.91 Å². The Morgan fingerprint density at radius 2 is 1.55 bits per heavy atom. The van der Waals surface area contributed by atoms with Gasteiger partial charge in [-0.3, -0.25) is 19.2 Å². The Balaban J connectivity index is 2.30. The first-order valence-electron chi connectivity index (χ1n) is 13.9. The summed E-state index contributed by atoms with van der Waals surface area (Å²) in [6.07, 6.45) is 3.86. The van der Waals surface area contributed by atoms with Crippen LogP contribution in [0.2, 0.25) is 0 Å². The Morgan fingerprint density at radius 1 is 0.947 bits per heavy atom. The quantitative estimate of drug-likeness (QED) is 0.336. The summed E-state index contributed by atoms with van der Waals surface area (Å²) in [5.41, 5.74) is -1.10. The fraction of sp³-hybridized carbons (Fsp3) is 0.821. The molecule has 216 valence electrons. The molecule has 3 unspecified atom stereocenters. The zero-order valence-corrected chi connectivity index (χ0v) is 24.7. The van der Waals surface area contributed by atoms with Crippen LogP contribution in [0.4, 0.5) is 4.79 Å². The number of urea groups is 1. The molecule has 1 aliphatic heterocycles. The number of nitrogens with one attached hydrogen (secondary N) is 4. The molecule has 0 spiro atoms. The van der Waals surface area contributed by atoms with Crippen molar-refractivity contribution >= 4 is 29.5 Å². The maximum absolute atomic E-state index is 14.0. The van der Waals surface area contributed by atoms with Crippen molar-refractivity contribution in [1.82, 2.24) is 26.2 Å². The molecule has 0 aromatic carbocycles. The van der Waals surface area contributed by atoms with Gasteiger partial charge in [0.15, 0.2) is 0 Å². The van der Waals surface area contributed by atoms with Crippen molar-refractivity contribution < 1.29 is 24.0 Å². The lowest BCUT2D eigenvalue weighted by Crippen LogP contribution is -2.61. The number of nitrogens with zero attached hydrogens (tertiary/aromatic N) is 1. The number of amides is 5. The molecular formula is C28H49N5O5. The van der Waals surface area contributed by atoms with Crippen molar-refractivity contribution in [2.24, 2.45) is 23.2 Å².